The maximum Gasteiger partial charge on any atom is 0.254 e. The molecule has 1 aliphatic heterocycles. The standard InChI is InChI=1S/C29H35ClN8O3/c1-28(2)26(29(3,4)27(28)41-22-6-5-18(12-31)23(30)11-22)34-25(40)19-13-32-24(33-14-19)17-38-16-20(35-36-38)15-37-9-7-21(39)8-10-37/h5-6,11,13-14,16,21,26-27,39H,7-10,15,17H2,1-4H3,(H,34,40). The zero-order valence-corrected chi connectivity index (χ0v) is 24.5. The Kier molecular flexibility index (Phi) is 8.01. The van der Waals surface area contributed by atoms with Gasteiger partial charge < -0.3 is 15.2 Å². The molecule has 41 heavy (non-hydrogen) atoms. The Labute approximate surface area is 244 Å². The third kappa shape index (κ3) is 6.05. The van der Waals surface area contributed by atoms with Crippen molar-refractivity contribution in [2.45, 2.75) is 71.9 Å². The lowest BCUT2D eigenvalue weighted by Gasteiger charge is -2.63. The first kappa shape index (κ1) is 28.9. The molecule has 2 fully saturated rings. The lowest BCUT2D eigenvalue weighted by atomic mass is 9.49. The van der Waals surface area contributed by atoms with E-state index in [1.165, 1.54) is 12.4 Å². The molecule has 0 bridgehead atoms. The maximum atomic E-state index is 13.2. The van der Waals surface area contributed by atoms with E-state index >= 15 is 0 Å². The highest BCUT2D eigenvalue weighted by Gasteiger charge is 2.64. The van der Waals surface area contributed by atoms with E-state index in [4.69, 9.17) is 21.6 Å². The number of amides is 1. The van der Waals surface area contributed by atoms with Gasteiger partial charge in [-0.25, -0.2) is 14.6 Å². The molecule has 0 atom stereocenters. The lowest BCUT2D eigenvalue weighted by molar-refractivity contribution is -0.164. The van der Waals surface area contributed by atoms with E-state index in [0.29, 0.717) is 40.8 Å². The van der Waals surface area contributed by atoms with Gasteiger partial charge in [-0.2, -0.15) is 5.26 Å². The average molecular weight is 579 g/mol. The van der Waals surface area contributed by atoms with Crippen molar-refractivity contribution in [2.75, 3.05) is 13.1 Å². The van der Waals surface area contributed by atoms with Gasteiger partial charge in [0.15, 0.2) is 0 Å². The van der Waals surface area contributed by atoms with Crippen molar-refractivity contribution in [1.29, 1.82) is 5.26 Å². The van der Waals surface area contributed by atoms with Gasteiger partial charge in [-0.1, -0.05) is 44.5 Å². The minimum absolute atomic E-state index is 0.169. The molecule has 3 aromatic rings. The first-order valence-electron chi connectivity index (χ1n) is 13.7. The second-order valence-corrected chi connectivity index (χ2v) is 12.5. The van der Waals surface area contributed by atoms with Crippen molar-refractivity contribution in [3.8, 4) is 11.8 Å². The Bertz CT molecular complexity index is 1420. The van der Waals surface area contributed by atoms with E-state index in [1.807, 2.05) is 6.20 Å². The monoisotopic (exact) mass is 578 g/mol. The van der Waals surface area contributed by atoms with Gasteiger partial charge in [-0.15, -0.1) is 5.10 Å². The summed E-state index contributed by atoms with van der Waals surface area (Å²) in [5, 5.41) is 30.8. The number of rotatable bonds is 8. The van der Waals surface area contributed by atoms with Crippen LogP contribution < -0.4 is 10.1 Å². The summed E-state index contributed by atoms with van der Waals surface area (Å²) in [6.45, 7) is 10.9. The van der Waals surface area contributed by atoms with E-state index in [-0.39, 0.29) is 35.0 Å². The maximum absolute atomic E-state index is 13.2. The molecule has 2 N–H and O–H groups in total. The van der Waals surface area contributed by atoms with Crippen LogP contribution in [0.15, 0.2) is 36.8 Å². The molecule has 11 nitrogen and oxygen atoms in total. The fraction of sp³-hybridized carbons (Fsp3) is 0.517. The molecule has 1 saturated carbocycles. The predicted octanol–water partition coefficient (Wildman–Crippen LogP) is 3.21. The van der Waals surface area contributed by atoms with Crippen molar-refractivity contribution in [3.05, 3.63) is 64.5 Å². The van der Waals surface area contributed by atoms with Gasteiger partial charge in [-0.05, 0) is 25.0 Å². The summed E-state index contributed by atoms with van der Waals surface area (Å²) in [5.74, 6) is 0.856. The van der Waals surface area contributed by atoms with Gasteiger partial charge >= 0.3 is 0 Å². The fourth-order valence-electron chi connectivity index (χ4n) is 6.30. The predicted molar refractivity (Wildman–Crippen MR) is 151 cm³/mol. The van der Waals surface area contributed by atoms with Crippen LogP contribution in [-0.4, -0.2) is 72.2 Å². The molecule has 1 aliphatic carbocycles. The molecule has 216 valence electrons. The Morgan fingerprint density at radius 2 is 1.85 bits per heavy atom. The number of carbonyl (C=O) groups excluding carboxylic acids is 1. The summed E-state index contributed by atoms with van der Waals surface area (Å²) in [7, 11) is 0. The number of aliphatic hydroxyl groups excluding tert-OH is 1. The first-order chi connectivity index (χ1) is 19.5. The van der Waals surface area contributed by atoms with E-state index in [0.717, 1.165) is 31.6 Å². The van der Waals surface area contributed by atoms with E-state index in [2.05, 4.69) is 64.3 Å². The summed E-state index contributed by atoms with van der Waals surface area (Å²) < 4.78 is 7.99. The zero-order chi connectivity index (χ0) is 29.4. The van der Waals surface area contributed by atoms with Gasteiger partial charge in [0.1, 0.15) is 30.3 Å². The number of piperidine rings is 1. The van der Waals surface area contributed by atoms with Crippen LogP contribution in [0, 0.1) is 22.2 Å². The first-order valence-corrected chi connectivity index (χ1v) is 14.1. The van der Waals surface area contributed by atoms with E-state index < -0.39 is 0 Å². The number of aromatic nitrogens is 5. The fourth-order valence-corrected chi connectivity index (χ4v) is 6.52. The molecular formula is C29H35ClN8O3. The van der Waals surface area contributed by atoms with Crippen LogP contribution in [-0.2, 0) is 13.1 Å². The third-order valence-electron chi connectivity index (χ3n) is 8.23. The molecule has 2 aliphatic rings. The number of likely N-dealkylation sites (tertiary alicyclic amines) is 1. The van der Waals surface area contributed by atoms with Crippen molar-refractivity contribution >= 4 is 17.5 Å². The Balaban J connectivity index is 1.17. The van der Waals surface area contributed by atoms with Crippen molar-refractivity contribution in [1.82, 2.24) is 35.2 Å². The number of aliphatic hydroxyl groups is 1. The molecule has 1 amide bonds. The normalized spacial score (nSPS) is 22.0. The van der Waals surface area contributed by atoms with Crippen LogP contribution in [0.5, 0.6) is 5.75 Å². The lowest BCUT2D eigenvalue weighted by Crippen LogP contribution is -2.74. The summed E-state index contributed by atoms with van der Waals surface area (Å²) >= 11 is 6.19. The van der Waals surface area contributed by atoms with E-state index in [1.54, 1.807) is 22.9 Å². The second kappa shape index (κ2) is 11.4. The molecule has 0 unspecified atom stereocenters. The minimum Gasteiger partial charge on any atom is -0.489 e. The SMILES string of the molecule is CC1(C)C(NC(=O)c2cnc(Cn3cc(CN4CCC(O)CC4)nn3)nc2)C(C)(C)C1Oc1ccc(C#N)c(Cl)c1. The molecule has 0 spiro atoms. The number of ether oxygens (including phenoxy) is 1. The zero-order valence-electron chi connectivity index (χ0n) is 23.7. The quantitative estimate of drug-likeness (QED) is 0.412. The molecule has 1 aromatic carbocycles. The Hall–Kier alpha value is -3.59. The van der Waals surface area contributed by atoms with E-state index in [9.17, 15) is 9.90 Å². The van der Waals surface area contributed by atoms with Crippen molar-refractivity contribution in [2.24, 2.45) is 10.8 Å². The molecule has 12 heteroatoms. The number of benzene rings is 1. The molecule has 5 rings (SSSR count). The third-order valence-corrected chi connectivity index (χ3v) is 8.54. The molecular weight excluding hydrogens is 544 g/mol. The number of nitriles is 1. The van der Waals surface area contributed by atoms with Gasteiger partial charge in [0.25, 0.3) is 5.91 Å². The number of hydrogen-bond acceptors (Lipinski definition) is 9. The van der Waals surface area contributed by atoms with Gasteiger partial charge in [0.05, 0.1) is 34.1 Å². The largest absolute Gasteiger partial charge is 0.489 e. The molecule has 1 saturated heterocycles. The van der Waals surface area contributed by atoms with Crippen LogP contribution in [0.2, 0.25) is 5.02 Å². The van der Waals surface area contributed by atoms with Crippen LogP contribution >= 0.6 is 11.6 Å². The van der Waals surface area contributed by atoms with Crippen molar-refractivity contribution in [3.63, 3.8) is 0 Å². The topological polar surface area (TPSA) is 142 Å². The highest BCUT2D eigenvalue weighted by atomic mass is 35.5. The number of halogens is 1. The molecule has 3 heterocycles. The summed E-state index contributed by atoms with van der Waals surface area (Å²) in [6.07, 6.45) is 6.08. The van der Waals surface area contributed by atoms with Crippen LogP contribution in [0.3, 0.4) is 0 Å². The van der Waals surface area contributed by atoms with Crippen LogP contribution in [0.4, 0.5) is 0 Å². The second-order valence-electron chi connectivity index (χ2n) is 12.1. The number of carbonyl (C=O) groups is 1. The summed E-state index contributed by atoms with van der Waals surface area (Å²) in [6, 6.07) is 6.91. The summed E-state index contributed by atoms with van der Waals surface area (Å²) in [4.78, 5) is 24.2. The van der Waals surface area contributed by atoms with Gasteiger partial charge in [-0.3, -0.25) is 9.69 Å². The highest BCUT2D eigenvalue weighted by Crippen LogP contribution is 2.55. The minimum atomic E-state index is -0.376. The van der Waals surface area contributed by atoms with Crippen molar-refractivity contribution < 1.29 is 14.6 Å². The molecule has 2 aromatic heterocycles. The molecule has 0 radical (unpaired) electrons. The van der Waals surface area contributed by atoms with Crippen LogP contribution in [0.1, 0.15) is 68.0 Å². The van der Waals surface area contributed by atoms with Crippen LogP contribution in [0.25, 0.3) is 0 Å². The number of hydrogen-bond donors (Lipinski definition) is 2. The van der Waals surface area contributed by atoms with Gasteiger partial charge in [0.2, 0.25) is 0 Å². The number of nitrogens with one attached hydrogen (secondary N) is 1. The Morgan fingerprint density at radius 3 is 2.49 bits per heavy atom. The number of nitrogens with zero attached hydrogens (tertiary/aromatic N) is 7. The smallest absolute Gasteiger partial charge is 0.254 e. The Morgan fingerprint density at radius 1 is 1.17 bits per heavy atom. The average Bonchev–Trinajstić information content (AvgIpc) is 3.38. The highest BCUT2D eigenvalue weighted by molar-refractivity contribution is 6.31. The van der Waals surface area contributed by atoms with Gasteiger partial charge in [0, 0.05) is 55.0 Å². The summed E-state index contributed by atoms with van der Waals surface area (Å²) in [5.41, 5.74) is 0.867.